The van der Waals surface area contributed by atoms with Gasteiger partial charge in [0.2, 0.25) is 15.9 Å². The van der Waals surface area contributed by atoms with E-state index >= 15 is 0 Å². The lowest BCUT2D eigenvalue weighted by molar-refractivity contribution is -0.122. The smallest absolute Gasteiger partial charge is 0.246 e. The van der Waals surface area contributed by atoms with E-state index in [-0.39, 0.29) is 0 Å². The van der Waals surface area contributed by atoms with Crippen molar-refractivity contribution in [2.75, 3.05) is 13.6 Å². The minimum atomic E-state index is -4.29. The van der Waals surface area contributed by atoms with Gasteiger partial charge in [0.25, 0.3) is 0 Å². The van der Waals surface area contributed by atoms with Crippen LogP contribution in [0.5, 0.6) is 0 Å². The Labute approximate surface area is 123 Å². The number of hydrogen-bond acceptors (Lipinski definition) is 3. The molecule has 0 saturated heterocycles. The molecule has 0 unspecified atom stereocenters. The molecule has 1 aromatic rings. The number of likely N-dealkylation sites (N-methyl/N-ethyl adjacent to an activating group) is 1. The van der Waals surface area contributed by atoms with Gasteiger partial charge in [0.05, 0.1) is 6.54 Å². The minimum Gasteiger partial charge on any atom is -0.350 e. The molecule has 1 aromatic carbocycles. The van der Waals surface area contributed by atoms with Gasteiger partial charge in [-0.25, -0.2) is 17.2 Å². The van der Waals surface area contributed by atoms with Crippen molar-refractivity contribution in [3.05, 3.63) is 29.8 Å². The molecule has 0 aliphatic rings. The van der Waals surface area contributed by atoms with Gasteiger partial charge in [0.1, 0.15) is 16.5 Å². The monoisotopic (exact) mass is 320 g/mol. The van der Waals surface area contributed by atoms with Crippen molar-refractivity contribution in [1.82, 2.24) is 9.62 Å². The first kappa shape index (κ1) is 17.5. The summed E-state index contributed by atoms with van der Waals surface area (Å²) < 4.78 is 51.6. The standard InChI is InChI=1S/C13H18F2N2O3S/c1-13(2,3)16-12(18)8-17(4)21(19,20)11-7-9(14)5-6-10(11)15/h5-7H,8H2,1-4H3,(H,16,18). The number of rotatable bonds is 4. The Bertz CT molecular complexity index is 639. The normalized spacial score (nSPS) is 12.5. The predicted octanol–water partition coefficient (Wildman–Crippen LogP) is 1.50. The van der Waals surface area contributed by atoms with Crippen LogP contribution in [0.4, 0.5) is 8.78 Å². The molecule has 0 radical (unpaired) electrons. The number of nitrogens with zero attached hydrogens (tertiary/aromatic N) is 1. The Morgan fingerprint density at radius 3 is 2.38 bits per heavy atom. The Morgan fingerprint density at radius 2 is 1.86 bits per heavy atom. The summed E-state index contributed by atoms with van der Waals surface area (Å²) in [6.45, 7) is 4.73. The van der Waals surface area contributed by atoms with Crippen molar-refractivity contribution in [1.29, 1.82) is 0 Å². The van der Waals surface area contributed by atoms with E-state index in [9.17, 15) is 22.0 Å². The zero-order chi connectivity index (χ0) is 16.4. The van der Waals surface area contributed by atoms with Crippen LogP contribution < -0.4 is 5.32 Å². The van der Waals surface area contributed by atoms with Gasteiger partial charge in [-0.2, -0.15) is 4.31 Å². The number of nitrogens with one attached hydrogen (secondary N) is 1. The van der Waals surface area contributed by atoms with Crippen LogP contribution in [0.15, 0.2) is 23.1 Å². The van der Waals surface area contributed by atoms with Crippen molar-refractivity contribution >= 4 is 15.9 Å². The largest absolute Gasteiger partial charge is 0.350 e. The van der Waals surface area contributed by atoms with E-state index in [1.807, 2.05) is 0 Å². The van der Waals surface area contributed by atoms with Crippen LogP contribution in [0.2, 0.25) is 0 Å². The zero-order valence-corrected chi connectivity index (χ0v) is 13.1. The molecule has 0 heterocycles. The third kappa shape index (κ3) is 4.75. The van der Waals surface area contributed by atoms with E-state index in [0.29, 0.717) is 10.4 Å². The van der Waals surface area contributed by atoms with Crippen molar-refractivity contribution in [2.45, 2.75) is 31.2 Å². The van der Waals surface area contributed by atoms with Crippen LogP contribution in [0.25, 0.3) is 0 Å². The minimum absolute atomic E-state index is 0.491. The second-order valence-electron chi connectivity index (χ2n) is 5.63. The molecule has 0 aromatic heterocycles. The summed E-state index contributed by atoms with van der Waals surface area (Å²) in [5, 5.41) is 2.59. The Morgan fingerprint density at radius 1 is 1.29 bits per heavy atom. The third-order valence-corrected chi connectivity index (χ3v) is 4.28. The molecule has 21 heavy (non-hydrogen) atoms. The molecule has 0 atom stereocenters. The summed E-state index contributed by atoms with van der Waals surface area (Å²) in [7, 11) is -3.16. The highest BCUT2D eigenvalue weighted by atomic mass is 32.2. The van der Waals surface area contributed by atoms with Crippen LogP contribution in [0.3, 0.4) is 0 Å². The highest BCUT2D eigenvalue weighted by molar-refractivity contribution is 7.89. The van der Waals surface area contributed by atoms with Gasteiger partial charge in [-0.3, -0.25) is 4.79 Å². The number of sulfonamides is 1. The van der Waals surface area contributed by atoms with Gasteiger partial charge in [-0.1, -0.05) is 0 Å². The third-order valence-electron chi connectivity index (χ3n) is 2.46. The van der Waals surface area contributed by atoms with E-state index in [1.165, 1.54) is 0 Å². The topological polar surface area (TPSA) is 66.5 Å². The van der Waals surface area contributed by atoms with Gasteiger partial charge in [0, 0.05) is 12.6 Å². The van der Waals surface area contributed by atoms with Crippen molar-refractivity contribution in [3.8, 4) is 0 Å². The molecule has 118 valence electrons. The summed E-state index contributed by atoms with van der Waals surface area (Å²) in [6.07, 6.45) is 0. The molecule has 0 fully saturated rings. The predicted molar refractivity (Wildman–Crippen MR) is 74.1 cm³/mol. The van der Waals surface area contributed by atoms with Gasteiger partial charge >= 0.3 is 0 Å². The quantitative estimate of drug-likeness (QED) is 0.914. The summed E-state index contributed by atoms with van der Waals surface area (Å²) in [6, 6.07) is 2.13. The lowest BCUT2D eigenvalue weighted by Gasteiger charge is -2.23. The Balaban J connectivity index is 2.97. The van der Waals surface area contributed by atoms with E-state index in [0.717, 1.165) is 19.2 Å². The average molecular weight is 320 g/mol. The summed E-state index contributed by atoms with van der Waals surface area (Å²) in [5.74, 6) is -2.48. The Kier molecular flexibility index (Phi) is 5.06. The van der Waals surface area contributed by atoms with E-state index in [4.69, 9.17) is 0 Å². The fourth-order valence-electron chi connectivity index (χ4n) is 1.59. The second kappa shape index (κ2) is 6.07. The molecule has 0 aliphatic heterocycles. The fraction of sp³-hybridized carbons (Fsp3) is 0.462. The first-order valence-electron chi connectivity index (χ1n) is 6.16. The maximum absolute atomic E-state index is 13.6. The SMILES string of the molecule is CN(CC(=O)NC(C)(C)C)S(=O)(=O)c1cc(F)ccc1F. The number of halogens is 2. The lowest BCUT2D eigenvalue weighted by atomic mass is 10.1. The number of carbonyl (C=O) groups excluding carboxylic acids is 1. The summed E-state index contributed by atoms with van der Waals surface area (Å²) >= 11 is 0. The number of carbonyl (C=O) groups is 1. The molecular weight excluding hydrogens is 302 g/mol. The van der Waals surface area contributed by atoms with Crippen LogP contribution in [-0.2, 0) is 14.8 Å². The first-order chi connectivity index (χ1) is 9.43. The van der Waals surface area contributed by atoms with Crippen molar-refractivity contribution < 1.29 is 22.0 Å². The van der Waals surface area contributed by atoms with Gasteiger partial charge in [-0.15, -0.1) is 0 Å². The van der Waals surface area contributed by atoms with Crippen LogP contribution in [0, 0.1) is 11.6 Å². The second-order valence-corrected chi connectivity index (χ2v) is 7.65. The van der Waals surface area contributed by atoms with Crippen molar-refractivity contribution in [3.63, 3.8) is 0 Å². The molecule has 0 aliphatic carbocycles. The maximum Gasteiger partial charge on any atom is 0.246 e. The van der Waals surface area contributed by atoms with E-state index < -0.39 is 44.5 Å². The fourth-order valence-corrected chi connectivity index (χ4v) is 2.79. The van der Waals surface area contributed by atoms with E-state index in [2.05, 4.69) is 5.32 Å². The molecule has 1 N–H and O–H groups in total. The molecule has 0 saturated carbocycles. The van der Waals surface area contributed by atoms with Crippen LogP contribution in [0.1, 0.15) is 20.8 Å². The number of amides is 1. The molecular formula is C13H18F2N2O3S. The highest BCUT2D eigenvalue weighted by Crippen LogP contribution is 2.19. The van der Waals surface area contributed by atoms with Gasteiger partial charge in [-0.05, 0) is 39.0 Å². The van der Waals surface area contributed by atoms with Crippen LogP contribution >= 0.6 is 0 Å². The summed E-state index contributed by atoms with van der Waals surface area (Å²) in [4.78, 5) is 10.9. The highest BCUT2D eigenvalue weighted by Gasteiger charge is 2.27. The maximum atomic E-state index is 13.6. The van der Waals surface area contributed by atoms with Gasteiger partial charge in [0.15, 0.2) is 0 Å². The molecule has 0 bridgehead atoms. The average Bonchev–Trinajstić information content (AvgIpc) is 2.29. The molecule has 8 heteroatoms. The number of hydrogen-bond donors (Lipinski definition) is 1. The first-order valence-corrected chi connectivity index (χ1v) is 7.60. The van der Waals surface area contributed by atoms with Crippen molar-refractivity contribution in [2.24, 2.45) is 0 Å². The molecule has 5 nitrogen and oxygen atoms in total. The Hall–Kier alpha value is -1.54. The lowest BCUT2D eigenvalue weighted by Crippen LogP contribution is -2.46. The molecule has 1 rings (SSSR count). The zero-order valence-electron chi connectivity index (χ0n) is 12.3. The number of benzene rings is 1. The summed E-state index contributed by atoms with van der Waals surface area (Å²) in [5.41, 5.74) is -0.522. The van der Waals surface area contributed by atoms with E-state index in [1.54, 1.807) is 20.8 Å². The van der Waals surface area contributed by atoms with Crippen LogP contribution in [-0.4, -0.2) is 37.8 Å². The molecule has 1 amide bonds. The van der Waals surface area contributed by atoms with Gasteiger partial charge < -0.3 is 5.32 Å². The molecule has 0 spiro atoms.